The van der Waals surface area contributed by atoms with Crippen molar-refractivity contribution >= 4 is 10.4 Å². The van der Waals surface area contributed by atoms with Gasteiger partial charge in [0, 0.05) is 0 Å². The van der Waals surface area contributed by atoms with Gasteiger partial charge in [0.15, 0.2) is 0 Å². The Hall–Kier alpha value is -0.970. The zero-order chi connectivity index (χ0) is 8.08. The quantitative estimate of drug-likeness (QED) is 0.202. The number of hydrogen-bond donors (Lipinski definition) is 2. The van der Waals surface area contributed by atoms with Gasteiger partial charge in [0.2, 0.25) is 10.4 Å². The van der Waals surface area contributed by atoms with Crippen molar-refractivity contribution in [3.8, 4) is 0 Å². The fourth-order valence-corrected chi connectivity index (χ4v) is 0. The first-order valence-corrected chi connectivity index (χ1v) is 2.60. The lowest BCUT2D eigenvalue weighted by Gasteiger charge is -1.88. The smallest absolute Gasteiger partial charge is 0.215 e. The lowest BCUT2D eigenvalue weighted by atomic mass is 13.1. The largest absolute Gasteiger partial charge is 0.726 e. The van der Waals surface area contributed by atoms with E-state index in [1.807, 2.05) is 0 Å². The molecule has 0 amide bonds. The van der Waals surface area contributed by atoms with Gasteiger partial charge in [0.1, 0.15) is 0 Å². The van der Waals surface area contributed by atoms with Crippen molar-refractivity contribution in [1.29, 1.82) is 0 Å². The molecule has 0 saturated heterocycles. The third-order valence-electron chi connectivity index (χ3n) is 0. The first kappa shape index (κ1) is 16.0. The van der Waals surface area contributed by atoms with Crippen LogP contribution in [0.15, 0.2) is 0 Å². The topological polar surface area (TPSA) is 179 Å². The van der Waals surface area contributed by atoms with Crippen LogP contribution in [0.25, 0.3) is 0 Å². The van der Waals surface area contributed by atoms with E-state index in [2.05, 4.69) is 0 Å². The van der Waals surface area contributed by atoms with Crippen LogP contribution in [0.5, 0.6) is 0 Å². The van der Waals surface area contributed by atoms with Gasteiger partial charge in [-0.2, -0.15) is 0 Å². The summed E-state index contributed by atoms with van der Waals surface area (Å²) in [5.74, 6) is 0. The van der Waals surface area contributed by atoms with Gasteiger partial charge in [-0.05, 0) is 0 Å². The average Bonchev–Trinajstić information content (AvgIpc) is 1.19. The summed E-state index contributed by atoms with van der Waals surface area (Å²) in [5, 5.41) is 14.8. The molecule has 0 atom stereocenters. The predicted octanol–water partition coefficient (Wildman–Crippen LogP) is -1.07. The lowest BCUT2D eigenvalue weighted by molar-refractivity contribution is -0.402. The molecule has 0 aromatic carbocycles. The maximum atomic E-state index is 8.63. The molecule has 64 valence electrons. The highest BCUT2D eigenvalue weighted by Gasteiger charge is 1.67. The molecule has 0 radical (unpaired) electrons. The van der Waals surface area contributed by atoms with Crippen molar-refractivity contribution in [2.45, 2.75) is 0 Å². The summed E-state index contributed by atoms with van der Waals surface area (Å²) in [7, 11) is -4.92. The van der Waals surface area contributed by atoms with E-state index in [9.17, 15) is 0 Å². The van der Waals surface area contributed by atoms with Crippen molar-refractivity contribution in [2.24, 2.45) is 0 Å². The summed E-state index contributed by atoms with van der Waals surface area (Å²) < 4.78 is 32.8. The molecule has 9 nitrogen and oxygen atoms in total. The van der Waals surface area contributed by atoms with Gasteiger partial charge < -0.3 is 26.0 Å². The van der Waals surface area contributed by atoms with Crippen molar-refractivity contribution in [1.82, 2.24) is 6.15 Å². The van der Waals surface area contributed by atoms with Crippen LogP contribution in [0.3, 0.4) is 0 Å². The van der Waals surface area contributed by atoms with Crippen molar-refractivity contribution in [3.63, 3.8) is 0 Å². The Kier molecular flexibility index (Phi) is 9.86. The van der Waals surface area contributed by atoms with Gasteiger partial charge in [-0.3, -0.25) is 4.55 Å². The van der Waals surface area contributed by atoms with Crippen LogP contribution in [0.4, 0.5) is 0 Å². The number of nitrogens with zero attached hydrogens (tertiary/aromatic N) is 1. The molecule has 0 saturated carbocycles. The van der Waals surface area contributed by atoms with Gasteiger partial charge >= 0.3 is 0 Å². The molecule has 0 spiro atoms. The van der Waals surface area contributed by atoms with E-state index in [0.29, 0.717) is 0 Å². The summed E-state index contributed by atoms with van der Waals surface area (Å²) >= 11 is 0. The minimum absolute atomic E-state index is 0. The van der Waals surface area contributed by atoms with Gasteiger partial charge in [0.05, 0.1) is 5.09 Å². The molecule has 0 aliphatic carbocycles. The molecule has 0 aromatic heterocycles. The summed E-state index contributed by atoms with van der Waals surface area (Å²) in [5.41, 5.74) is 0. The number of hydrogen-bond acceptors (Lipinski definition) is 7. The second kappa shape index (κ2) is 6.15. The van der Waals surface area contributed by atoms with E-state index in [4.69, 9.17) is 32.8 Å². The van der Waals surface area contributed by atoms with E-state index < -0.39 is 15.5 Å². The second-order valence-corrected chi connectivity index (χ2v) is 1.51. The van der Waals surface area contributed by atoms with Crippen LogP contribution >= 0.6 is 0 Å². The van der Waals surface area contributed by atoms with Crippen LogP contribution in [0.1, 0.15) is 0 Å². The molecule has 0 heterocycles. The highest BCUT2D eigenvalue weighted by molar-refractivity contribution is 7.79. The second-order valence-electron chi connectivity index (χ2n) is 0.651. The monoisotopic (exact) mass is 176 g/mol. The summed E-state index contributed by atoms with van der Waals surface area (Å²) in [6.45, 7) is 0. The Morgan fingerprint density at radius 1 is 1.30 bits per heavy atom. The molecule has 0 bridgehead atoms. The van der Waals surface area contributed by atoms with E-state index >= 15 is 0 Å². The van der Waals surface area contributed by atoms with E-state index in [-0.39, 0.29) is 6.15 Å². The zero-order valence-electron chi connectivity index (χ0n) is 4.46. The van der Waals surface area contributed by atoms with Crippen molar-refractivity contribution in [2.75, 3.05) is 0 Å². The summed E-state index contributed by atoms with van der Waals surface area (Å²) in [4.78, 5) is 8.25. The molecular formula is H4N2O7S-2. The Labute approximate surface area is 55.5 Å². The third kappa shape index (κ3) is 272. The van der Waals surface area contributed by atoms with Crippen LogP contribution in [-0.2, 0) is 10.4 Å². The first-order chi connectivity index (χ1) is 3.73. The van der Waals surface area contributed by atoms with Crippen molar-refractivity contribution < 1.29 is 22.6 Å². The lowest BCUT2D eigenvalue weighted by Crippen LogP contribution is -1.90. The molecule has 0 aliphatic heterocycles. The minimum atomic E-state index is -4.92. The maximum absolute atomic E-state index is 8.63. The summed E-state index contributed by atoms with van der Waals surface area (Å²) in [6, 6.07) is 0. The molecule has 0 rings (SSSR count). The van der Waals surface area contributed by atoms with Crippen LogP contribution < -0.4 is 6.15 Å². The van der Waals surface area contributed by atoms with Crippen LogP contribution in [-0.4, -0.2) is 22.6 Å². The molecule has 4 N–H and O–H groups in total. The SMILES string of the molecule is N.O=S(=O)([O-])O.O=[N+]([O-])[O-]. The molecule has 0 unspecified atom stereocenters. The maximum Gasteiger partial charge on any atom is 0.215 e. The van der Waals surface area contributed by atoms with Gasteiger partial charge in [-0.15, -0.1) is 0 Å². The Morgan fingerprint density at radius 2 is 1.30 bits per heavy atom. The zero-order valence-corrected chi connectivity index (χ0v) is 5.28. The Bertz CT molecular complexity index is 154. The van der Waals surface area contributed by atoms with E-state index in [0.717, 1.165) is 0 Å². The molecule has 10 heteroatoms. The molecule has 0 aromatic rings. The highest BCUT2D eigenvalue weighted by atomic mass is 32.3. The van der Waals surface area contributed by atoms with E-state index in [1.165, 1.54) is 0 Å². The molecule has 0 fully saturated rings. The standard InChI is InChI=1S/NO3.H3N.H2O4S/c2-1(3)4;;1-5(2,3)4/h;1H3;(H2,1,2,3,4)/q-1;;/p-1. The molecule has 10 heavy (non-hydrogen) atoms. The molecular weight excluding hydrogens is 172 g/mol. The average molecular weight is 176 g/mol. The Morgan fingerprint density at radius 3 is 1.30 bits per heavy atom. The normalized spacial score (nSPS) is 8.20. The third-order valence-corrected chi connectivity index (χ3v) is 0. The van der Waals surface area contributed by atoms with Crippen molar-refractivity contribution in [3.05, 3.63) is 15.3 Å². The van der Waals surface area contributed by atoms with Gasteiger partial charge in [-0.1, -0.05) is 0 Å². The van der Waals surface area contributed by atoms with Crippen LogP contribution in [0.2, 0.25) is 0 Å². The Balaban J connectivity index is -0.0000000910. The number of rotatable bonds is 0. The fourth-order valence-electron chi connectivity index (χ4n) is 0. The minimum Gasteiger partial charge on any atom is -0.726 e. The van der Waals surface area contributed by atoms with Crippen LogP contribution in [0, 0.1) is 15.3 Å². The van der Waals surface area contributed by atoms with Gasteiger partial charge in [-0.25, -0.2) is 8.42 Å². The van der Waals surface area contributed by atoms with Gasteiger partial charge in [0.25, 0.3) is 0 Å². The highest BCUT2D eigenvalue weighted by Crippen LogP contribution is 1.58. The first-order valence-electron chi connectivity index (χ1n) is 1.23. The fraction of sp³-hybridized carbons (Fsp3) is 0. The molecule has 0 aliphatic rings. The predicted molar refractivity (Wildman–Crippen MR) is 27.7 cm³/mol. The van der Waals surface area contributed by atoms with E-state index in [1.54, 1.807) is 0 Å². The summed E-state index contributed by atoms with van der Waals surface area (Å²) in [6.07, 6.45) is 0.